The first-order valence-electron chi connectivity index (χ1n) is 6.87. The van der Waals surface area contributed by atoms with E-state index in [1.807, 2.05) is 26.2 Å². The Hall–Kier alpha value is -2.28. The average molecular weight is 290 g/mol. The standard InChI is InChI=1S/C14H22N6O/c1-19(2)10-11-5-3-6-12(9-11)21-8-4-7-20-14(16)17-13(15)18-20/h3,5-6,9H,4,7-8,10H2,1-2H3,(H4,15,16,17,18). The minimum Gasteiger partial charge on any atom is -0.494 e. The number of ether oxygens (including phenoxy) is 1. The molecule has 21 heavy (non-hydrogen) atoms. The lowest BCUT2D eigenvalue weighted by Gasteiger charge is -2.11. The number of benzene rings is 1. The summed E-state index contributed by atoms with van der Waals surface area (Å²) in [6.07, 6.45) is 0.783. The molecule has 0 amide bonds. The lowest BCUT2D eigenvalue weighted by Crippen LogP contribution is -2.11. The molecule has 7 nitrogen and oxygen atoms in total. The van der Waals surface area contributed by atoms with E-state index in [1.165, 1.54) is 5.56 Å². The highest BCUT2D eigenvalue weighted by molar-refractivity contribution is 5.28. The Morgan fingerprint density at radius 3 is 2.76 bits per heavy atom. The van der Waals surface area contributed by atoms with Crippen molar-refractivity contribution in [2.24, 2.45) is 0 Å². The molecule has 0 fully saturated rings. The molecule has 7 heteroatoms. The van der Waals surface area contributed by atoms with E-state index in [0.29, 0.717) is 19.1 Å². The maximum absolute atomic E-state index is 5.74. The van der Waals surface area contributed by atoms with E-state index in [4.69, 9.17) is 16.2 Å². The van der Waals surface area contributed by atoms with Crippen molar-refractivity contribution in [3.63, 3.8) is 0 Å². The van der Waals surface area contributed by atoms with Crippen molar-refractivity contribution in [1.29, 1.82) is 0 Å². The van der Waals surface area contributed by atoms with Gasteiger partial charge in [0.25, 0.3) is 0 Å². The molecule has 0 bridgehead atoms. The Morgan fingerprint density at radius 1 is 1.29 bits per heavy atom. The van der Waals surface area contributed by atoms with Gasteiger partial charge in [-0.2, -0.15) is 4.98 Å². The minimum atomic E-state index is 0.199. The van der Waals surface area contributed by atoms with Crippen LogP contribution in [0.25, 0.3) is 0 Å². The molecule has 0 aliphatic heterocycles. The van der Waals surface area contributed by atoms with Gasteiger partial charge in [0.2, 0.25) is 11.9 Å². The van der Waals surface area contributed by atoms with E-state index in [0.717, 1.165) is 18.7 Å². The fourth-order valence-electron chi connectivity index (χ4n) is 2.04. The van der Waals surface area contributed by atoms with Crippen LogP contribution in [0.2, 0.25) is 0 Å². The zero-order chi connectivity index (χ0) is 15.2. The van der Waals surface area contributed by atoms with Crippen LogP contribution in [0.3, 0.4) is 0 Å². The monoisotopic (exact) mass is 290 g/mol. The second-order valence-electron chi connectivity index (χ2n) is 5.14. The Labute approximate surface area is 124 Å². The van der Waals surface area contributed by atoms with Gasteiger partial charge in [-0.25, -0.2) is 4.68 Å². The molecular weight excluding hydrogens is 268 g/mol. The first-order valence-corrected chi connectivity index (χ1v) is 6.87. The van der Waals surface area contributed by atoms with Gasteiger partial charge < -0.3 is 21.1 Å². The highest BCUT2D eigenvalue weighted by Gasteiger charge is 2.03. The summed E-state index contributed by atoms with van der Waals surface area (Å²) >= 11 is 0. The number of nitrogens with zero attached hydrogens (tertiary/aromatic N) is 4. The first-order chi connectivity index (χ1) is 10.0. The van der Waals surface area contributed by atoms with E-state index < -0.39 is 0 Å². The smallest absolute Gasteiger partial charge is 0.241 e. The first kappa shape index (κ1) is 15.1. The van der Waals surface area contributed by atoms with Crippen LogP contribution in [0.5, 0.6) is 5.75 Å². The maximum atomic E-state index is 5.74. The molecule has 2 rings (SSSR count). The van der Waals surface area contributed by atoms with Gasteiger partial charge in [-0.05, 0) is 31.8 Å². The van der Waals surface area contributed by atoms with E-state index in [2.05, 4.69) is 27.1 Å². The normalized spacial score (nSPS) is 11.0. The Bertz CT molecular complexity index is 581. The summed E-state index contributed by atoms with van der Waals surface area (Å²) in [6, 6.07) is 8.11. The van der Waals surface area contributed by atoms with Crippen molar-refractivity contribution in [3.8, 4) is 5.75 Å². The number of nitrogen functional groups attached to an aromatic ring is 2. The van der Waals surface area contributed by atoms with Crippen molar-refractivity contribution < 1.29 is 4.74 Å². The minimum absolute atomic E-state index is 0.199. The molecule has 0 atom stereocenters. The third-order valence-electron chi connectivity index (χ3n) is 2.90. The number of hydrogen-bond donors (Lipinski definition) is 2. The van der Waals surface area contributed by atoms with Crippen LogP contribution in [0, 0.1) is 0 Å². The van der Waals surface area contributed by atoms with E-state index in [1.54, 1.807) is 4.68 Å². The van der Waals surface area contributed by atoms with Crippen LogP contribution in [0.1, 0.15) is 12.0 Å². The molecule has 1 heterocycles. The SMILES string of the molecule is CN(C)Cc1cccc(OCCCn2nc(N)nc2N)c1. The number of hydrogen-bond acceptors (Lipinski definition) is 6. The summed E-state index contributed by atoms with van der Waals surface area (Å²) in [4.78, 5) is 5.97. The molecule has 1 aromatic heterocycles. The molecule has 0 saturated heterocycles. The fourth-order valence-corrected chi connectivity index (χ4v) is 2.04. The second-order valence-corrected chi connectivity index (χ2v) is 5.14. The van der Waals surface area contributed by atoms with Crippen molar-refractivity contribution >= 4 is 11.9 Å². The third kappa shape index (κ3) is 4.64. The van der Waals surface area contributed by atoms with Gasteiger partial charge in [-0.3, -0.25) is 0 Å². The summed E-state index contributed by atoms with van der Waals surface area (Å²) in [5.41, 5.74) is 12.4. The van der Waals surface area contributed by atoms with Gasteiger partial charge in [-0.15, -0.1) is 5.10 Å². The lowest BCUT2D eigenvalue weighted by molar-refractivity contribution is 0.298. The summed E-state index contributed by atoms with van der Waals surface area (Å²) in [6.45, 7) is 2.12. The molecule has 0 saturated carbocycles. The van der Waals surface area contributed by atoms with Gasteiger partial charge in [0.05, 0.1) is 6.61 Å². The molecule has 2 aromatic rings. The Balaban J connectivity index is 1.79. The summed E-state index contributed by atoms with van der Waals surface area (Å²) in [5.74, 6) is 1.41. The summed E-state index contributed by atoms with van der Waals surface area (Å²) in [5, 5.41) is 4.00. The van der Waals surface area contributed by atoms with Gasteiger partial charge in [0.15, 0.2) is 0 Å². The predicted octanol–water partition coefficient (Wildman–Crippen LogP) is 0.973. The molecule has 1 aromatic carbocycles. The Kier molecular flexibility index (Phi) is 4.99. The van der Waals surface area contributed by atoms with Crippen molar-refractivity contribution in [3.05, 3.63) is 29.8 Å². The van der Waals surface area contributed by atoms with Crippen LogP contribution in [0.4, 0.5) is 11.9 Å². The highest BCUT2D eigenvalue weighted by atomic mass is 16.5. The van der Waals surface area contributed by atoms with Crippen LogP contribution >= 0.6 is 0 Å². The zero-order valence-electron chi connectivity index (χ0n) is 12.5. The molecule has 4 N–H and O–H groups in total. The van der Waals surface area contributed by atoms with Gasteiger partial charge in [0.1, 0.15) is 5.75 Å². The van der Waals surface area contributed by atoms with Crippen molar-refractivity contribution in [2.75, 3.05) is 32.2 Å². The number of nitrogens with two attached hydrogens (primary N) is 2. The van der Waals surface area contributed by atoms with Gasteiger partial charge in [0, 0.05) is 19.5 Å². The Morgan fingerprint density at radius 2 is 2.10 bits per heavy atom. The van der Waals surface area contributed by atoms with Crippen molar-refractivity contribution in [2.45, 2.75) is 19.5 Å². The second kappa shape index (κ2) is 6.94. The number of rotatable bonds is 7. The third-order valence-corrected chi connectivity index (χ3v) is 2.90. The predicted molar refractivity (Wildman–Crippen MR) is 82.8 cm³/mol. The molecule has 0 radical (unpaired) electrons. The quantitative estimate of drug-likeness (QED) is 0.738. The number of aryl methyl sites for hydroxylation is 1. The van der Waals surface area contributed by atoms with Gasteiger partial charge >= 0.3 is 0 Å². The highest BCUT2D eigenvalue weighted by Crippen LogP contribution is 2.14. The van der Waals surface area contributed by atoms with E-state index >= 15 is 0 Å². The lowest BCUT2D eigenvalue weighted by atomic mass is 10.2. The van der Waals surface area contributed by atoms with E-state index in [-0.39, 0.29) is 5.95 Å². The molecular formula is C14H22N6O. The largest absolute Gasteiger partial charge is 0.494 e. The van der Waals surface area contributed by atoms with Crippen molar-refractivity contribution in [1.82, 2.24) is 19.7 Å². The van der Waals surface area contributed by atoms with Crippen LogP contribution in [0.15, 0.2) is 24.3 Å². The fraction of sp³-hybridized carbons (Fsp3) is 0.429. The van der Waals surface area contributed by atoms with E-state index in [9.17, 15) is 0 Å². The maximum Gasteiger partial charge on any atom is 0.241 e. The molecule has 0 aliphatic rings. The molecule has 0 spiro atoms. The van der Waals surface area contributed by atoms with Crippen LogP contribution in [-0.4, -0.2) is 40.4 Å². The van der Waals surface area contributed by atoms with Crippen LogP contribution < -0.4 is 16.2 Å². The van der Waals surface area contributed by atoms with Crippen LogP contribution in [-0.2, 0) is 13.1 Å². The zero-order valence-corrected chi connectivity index (χ0v) is 12.5. The molecule has 114 valence electrons. The molecule has 0 aliphatic carbocycles. The van der Waals surface area contributed by atoms with Gasteiger partial charge in [-0.1, -0.05) is 12.1 Å². The number of anilines is 2. The summed E-state index contributed by atoms with van der Waals surface area (Å²) in [7, 11) is 4.09. The topological polar surface area (TPSA) is 95.2 Å². The number of aromatic nitrogens is 3. The summed E-state index contributed by atoms with van der Waals surface area (Å²) < 4.78 is 7.33. The average Bonchev–Trinajstić information content (AvgIpc) is 2.73. The molecule has 0 unspecified atom stereocenters.